The molecule has 6 nitrogen and oxygen atoms in total. The van der Waals surface area contributed by atoms with Gasteiger partial charge in [0.2, 0.25) is 0 Å². The van der Waals surface area contributed by atoms with Crippen LogP contribution in [0.3, 0.4) is 0 Å². The summed E-state index contributed by atoms with van der Waals surface area (Å²) < 4.78 is 24.5. The monoisotopic (exact) mass is 594 g/mol. The van der Waals surface area contributed by atoms with E-state index in [1.807, 2.05) is 55.6 Å². The number of thioether (sulfide) groups is 1. The number of carbonyl (C=O) groups excluding carboxylic acids is 1. The Kier molecular flexibility index (Phi) is 7.55. The van der Waals surface area contributed by atoms with E-state index in [2.05, 4.69) is 32.3 Å². The summed E-state index contributed by atoms with van der Waals surface area (Å²) in [6.07, 6.45) is 5.09. The zero-order chi connectivity index (χ0) is 29.5. The van der Waals surface area contributed by atoms with E-state index in [0.29, 0.717) is 22.8 Å². The van der Waals surface area contributed by atoms with Crippen molar-refractivity contribution in [2.45, 2.75) is 50.4 Å². The highest BCUT2D eigenvalue weighted by atomic mass is 32.2. The van der Waals surface area contributed by atoms with Crippen LogP contribution in [0.1, 0.15) is 54.8 Å². The number of fused-ring (bicyclic) bond motifs is 3. The van der Waals surface area contributed by atoms with Gasteiger partial charge >= 0.3 is 0 Å². The van der Waals surface area contributed by atoms with Gasteiger partial charge < -0.3 is 9.30 Å². The van der Waals surface area contributed by atoms with Crippen molar-refractivity contribution >= 4 is 28.4 Å². The maximum absolute atomic E-state index is 14.3. The Morgan fingerprint density at radius 1 is 1.00 bits per heavy atom. The van der Waals surface area contributed by atoms with Crippen LogP contribution in [0.4, 0.5) is 4.39 Å². The van der Waals surface area contributed by atoms with Crippen LogP contribution < -0.4 is 4.74 Å². The van der Waals surface area contributed by atoms with Crippen molar-refractivity contribution in [1.29, 1.82) is 0 Å². The fourth-order valence-electron chi connectivity index (χ4n) is 7.51. The number of benzene rings is 3. The van der Waals surface area contributed by atoms with Gasteiger partial charge in [0.1, 0.15) is 6.61 Å². The molecule has 0 saturated heterocycles. The van der Waals surface area contributed by atoms with Gasteiger partial charge in [-0.1, -0.05) is 78.8 Å². The maximum Gasteiger partial charge on any atom is 0.192 e. The minimum atomic E-state index is -0.404. The molecule has 2 heterocycles. The van der Waals surface area contributed by atoms with E-state index in [-0.39, 0.29) is 29.9 Å². The summed E-state index contributed by atoms with van der Waals surface area (Å²) >= 11 is 1.43. The Hall–Kier alpha value is -3.91. The van der Waals surface area contributed by atoms with E-state index < -0.39 is 5.82 Å². The Labute approximate surface area is 255 Å². The Balaban J connectivity index is 1.19. The lowest BCUT2D eigenvalue weighted by atomic mass is 9.84. The molecule has 43 heavy (non-hydrogen) atoms. The third kappa shape index (κ3) is 5.16. The first-order chi connectivity index (χ1) is 21.0. The number of aromatic nitrogens is 4. The highest BCUT2D eigenvalue weighted by Crippen LogP contribution is 2.52. The van der Waals surface area contributed by atoms with Gasteiger partial charge in [0.15, 0.2) is 28.3 Å². The summed E-state index contributed by atoms with van der Waals surface area (Å²) in [4.78, 5) is 14.1. The number of carbonyl (C=O) groups is 1. The second-order valence-corrected chi connectivity index (χ2v) is 12.9. The number of para-hydroxylation sites is 2. The molecular weight excluding hydrogens is 559 g/mol. The fraction of sp³-hybridized carbons (Fsp3) is 0.343. The van der Waals surface area contributed by atoms with Crippen LogP contribution in [0.25, 0.3) is 22.2 Å². The standard InChI is InChI=1S/C35H35FN4O2S/c1-22(27-19-23-16-17-25(27)18-23)40-32(20-42-31-15-9-7-13-28(31)36)37-38-35(40)43-21-30(41)33-26-12-6-8-14-29(26)39(2)34(33)24-10-4-3-5-11-24/h3-15,22-23,25,27H,16-21H2,1-2H3. The summed E-state index contributed by atoms with van der Waals surface area (Å²) in [6.45, 7) is 2.35. The first kappa shape index (κ1) is 27.9. The zero-order valence-electron chi connectivity index (χ0n) is 24.4. The Morgan fingerprint density at radius 2 is 1.77 bits per heavy atom. The smallest absolute Gasteiger partial charge is 0.192 e. The molecular formula is C35H35FN4O2S. The second-order valence-electron chi connectivity index (χ2n) is 11.9. The van der Waals surface area contributed by atoms with Crippen molar-refractivity contribution < 1.29 is 13.9 Å². The van der Waals surface area contributed by atoms with Gasteiger partial charge in [-0.3, -0.25) is 9.36 Å². The van der Waals surface area contributed by atoms with E-state index in [1.54, 1.807) is 18.2 Å². The van der Waals surface area contributed by atoms with Crippen molar-refractivity contribution in [3.8, 4) is 17.0 Å². The average molecular weight is 595 g/mol. The van der Waals surface area contributed by atoms with Crippen LogP contribution in [0.5, 0.6) is 5.75 Å². The van der Waals surface area contributed by atoms with Crippen LogP contribution in [0, 0.1) is 23.6 Å². The van der Waals surface area contributed by atoms with Gasteiger partial charge in [-0.25, -0.2) is 4.39 Å². The minimum Gasteiger partial charge on any atom is -0.483 e. The second kappa shape index (κ2) is 11.6. The zero-order valence-corrected chi connectivity index (χ0v) is 25.3. The molecule has 0 aliphatic heterocycles. The average Bonchev–Trinajstić information content (AvgIpc) is 3.83. The van der Waals surface area contributed by atoms with Crippen molar-refractivity contribution in [1.82, 2.24) is 19.3 Å². The van der Waals surface area contributed by atoms with Crippen molar-refractivity contribution in [2.24, 2.45) is 24.8 Å². The summed E-state index contributed by atoms with van der Waals surface area (Å²) in [7, 11) is 2.02. The van der Waals surface area contributed by atoms with E-state index in [4.69, 9.17) is 4.74 Å². The quantitative estimate of drug-likeness (QED) is 0.121. The Bertz CT molecular complexity index is 1780. The number of aryl methyl sites for hydroxylation is 1. The largest absolute Gasteiger partial charge is 0.483 e. The summed E-state index contributed by atoms with van der Waals surface area (Å²) in [5.74, 6) is 2.75. The lowest BCUT2D eigenvalue weighted by Gasteiger charge is -2.30. The molecule has 0 N–H and O–H groups in total. The summed E-state index contributed by atoms with van der Waals surface area (Å²) in [5.41, 5.74) is 3.68. The highest BCUT2D eigenvalue weighted by molar-refractivity contribution is 7.99. The van der Waals surface area contributed by atoms with Crippen LogP contribution in [0.15, 0.2) is 84.0 Å². The Morgan fingerprint density at radius 3 is 2.53 bits per heavy atom. The van der Waals surface area contributed by atoms with Gasteiger partial charge in [0.25, 0.3) is 0 Å². The third-order valence-electron chi connectivity index (χ3n) is 9.51. The van der Waals surface area contributed by atoms with Gasteiger partial charge in [0, 0.05) is 24.0 Å². The van der Waals surface area contributed by atoms with E-state index in [1.165, 1.54) is 43.5 Å². The summed E-state index contributed by atoms with van der Waals surface area (Å²) in [5, 5.41) is 10.7. The van der Waals surface area contributed by atoms with Crippen molar-refractivity contribution in [3.05, 3.63) is 96.1 Å². The van der Waals surface area contributed by atoms with Gasteiger partial charge in [-0.2, -0.15) is 0 Å². The SMILES string of the molecule is CC(C1CC2CCC1C2)n1c(COc2ccccc2F)nnc1SCC(=O)c1c(-c2ccccc2)n(C)c2ccccc12. The number of nitrogens with zero attached hydrogens (tertiary/aromatic N) is 4. The fourth-order valence-corrected chi connectivity index (χ4v) is 8.42. The molecule has 0 spiro atoms. The highest BCUT2D eigenvalue weighted by Gasteiger charge is 2.43. The van der Waals surface area contributed by atoms with Gasteiger partial charge in [0.05, 0.1) is 17.0 Å². The molecule has 8 heteroatoms. The topological polar surface area (TPSA) is 61.9 Å². The first-order valence-corrected chi connectivity index (χ1v) is 16.1. The number of rotatable bonds is 10. The first-order valence-electron chi connectivity index (χ1n) is 15.1. The van der Waals surface area contributed by atoms with E-state index >= 15 is 0 Å². The van der Waals surface area contributed by atoms with Crippen molar-refractivity contribution in [3.63, 3.8) is 0 Å². The minimum absolute atomic E-state index is 0.0481. The predicted molar refractivity (Wildman–Crippen MR) is 168 cm³/mol. The van der Waals surface area contributed by atoms with Gasteiger partial charge in [-0.15, -0.1) is 10.2 Å². The lowest BCUT2D eigenvalue weighted by molar-refractivity contribution is 0.102. The number of ketones is 1. The van der Waals surface area contributed by atoms with Crippen LogP contribution in [-0.2, 0) is 13.7 Å². The van der Waals surface area contributed by atoms with Gasteiger partial charge in [-0.05, 0) is 67.7 Å². The summed E-state index contributed by atoms with van der Waals surface area (Å²) in [6, 6.07) is 24.7. The maximum atomic E-state index is 14.3. The number of ether oxygens (including phenoxy) is 1. The number of Topliss-reactive ketones (excluding diaryl/α,β-unsaturated/α-hetero) is 1. The van der Waals surface area contributed by atoms with Crippen LogP contribution >= 0.6 is 11.8 Å². The van der Waals surface area contributed by atoms with E-state index in [0.717, 1.165) is 33.6 Å². The molecule has 5 aromatic rings. The molecule has 2 bridgehead atoms. The molecule has 2 aromatic heterocycles. The normalized spacial score (nSPS) is 20.1. The molecule has 220 valence electrons. The molecule has 7 rings (SSSR count). The van der Waals surface area contributed by atoms with Crippen LogP contribution in [-0.4, -0.2) is 30.9 Å². The third-order valence-corrected chi connectivity index (χ3v) is 10.5. The molecule has 2 fully saturated rings. The molecule has 3 aromatic carbocycles. The van der Waals surface area contributed by atoms with E-state index in [9.17, 15) is 9.18 Å². The van der Waals surface area contributed by atoms with Crippen LogP contribution in [0.2, 0.25) is 0 Å². The number of halogens is 1. The molecule has 4 atom stereocenters. The predicted octanol–water partition coefficient (Wildman–Crippen LogP) is 8.13. The molecule has 2 saturated carbocycles. The molecule has 2 aliphatic rings. The molecule has 0 amide bonds. The molecule has 2 aliphatic carbocycles. The molecule has 4 unspecified atom stereocenters. The lowest BCUT2D eigenvalue weighted by Crippen LogP contribution is -2.24. The molecule has 0 radical (unpaired) electrons. The van der Waals surface area contributed by atoms with Crippen molar-refractivity contribution in [2.75, 3.05) is 5.75 Å². The number of hydrogen-bond acceptors (Lipinski definition) is 5. The number of hydrogen-bond donors (Lipinski definition) is 0.